The number of fused-ring (bicyclic) bond motifs is 1. The summed E-state index contributed by atoms with van der Waals surface area (Å²) in [5.41, 5.74) is 1.06. The highest BCUT2D eigenvalue weighted by atomic mass is 32.2. The highest BCUT2D eigenvalue weighted by molar-refractivity contribution is 7.99. The number of hydrogen-bond acceptors (Lipinski definition) is 7. The van der Waals surface area contributed by atoms with Gasteiger partial charge in [0.05, 0.1) is 23.0 Å². The van der Waals surface area contributed by atoms with Gasteiger partial charge in [-0.1, -0.05) is 24.3 Å². The Morgan fingerprint density at radius 1 is 1.02 bits per heavy atom. The molecule has 0 atom stereocenters. The highest BCUT2D eigenvalue weighted by Gasteiger charge is 2.51. The molecule has 1 aliphatic carbocycles. The zero-order chi connectivity index (χ0) is 29.1. The van der Waals surface area contributed by atoms with Crippen LogP contribution in [0.5, 0.6) is 11.5 Å². The van der Waals surface area contributed by atoms with Crippen molar-refractivity contribution >= 4 is 40.4 Å². The van der Waals surface area contributed by atoms with Crippen LogP contribution in [0.25, 0.3) is 10.9 Å². The average Bonchev–Trinajstić information content (AvgIpc) is 3.67. The standard InChI is InChI=1S/C31H27F2NO6S/c1-38-27(36)9-6-18-4-3-5-19(14-18)31(11-12-31)26(35)17-39-30(37)22-15-20(7-8-23(22)32)40-28-24(33)16-25-21(10-13-34-25)29(28)41-2/h3-5,7-8,10,13-16,34H,6,9,11-12,17H2,1-2H3. The summed E-state index contributed by atoms with van der Waals surface area (Å²) < 4.78 is 45.2. The first kappa shape index (κ1) is 28.4. The number of aromatic nitrogens is 1. The van der Waals surface area contributed by atoms with E-state index in [0.29, 0.717) is 29.7 Å². The molecule has 0 unspecified atom stereocenters. The number of ketones is 1. The Bertz CT molecular complexity index is 1650. The van der Waals surface area contributed by atoms with Crippen molar-refractivity contribution in [2.24, 2.45) is 0 Å². The van der Waals surface area contributed by atoms with Crippen molar-refractivity contribution < 1.29 is 37.4 Å². The van der Waals surface area contributed by atoms with Crippen molar-refractivity contribution in [3.63, 3.8) is 0 Å². The van der Waals surface area contributed by atoms with Crippen LogP contribution in [0.3, 0.4) is 0 Å². The number of carbonyl (C=O) groups excluding carboxylic acids is 3. The molecule has 0 aliphatic heterocycles. The molecule has 1 aromatic heterocycles. The Morgan fingerprint density at radius 2 is 1.83 bits per heavy atom. The van der Waals surface area contributed by atoms with Gasteiger partial charge in [0.25, 0.3) is 0 Å². The molecule has 1 heterocycles. The van der Waals surface area contributed by atoms with Gasteiger partial charge in [-0.25, -0.2) is 13.6 Å². The Kier molecular flexibility index (Phi) is 8.12. The number of nitrogens with one attached hydrogen (secondary N) is 1. The van der Waals surface area contributed by atoms with E-state index in [1.165, 1.54) is 31.0 Å². The molecule has 1 fully saturated rings. The number of halogens is 2. The minimum Gasteiger partial charge on any atom is -0.469 e. The fraction of sp³-hybridized carbons (Fsp3) is 0.258. The molecule has 3 aromatic carbocycles. The van der Waals surface area contributed by atoms with E-state index in [1.807, 2.05) is 24.3 Å². The predicted molar refractivity (Wildman–Crippen MR) is 149 cm³/mol. The van der Waals surface area contributed by atoms with Gasteiger partial charge in [-0.05, 0) is 60.9 Å². The molecule has 0 radical (unpaired) electrons. The van der Waals surface area contributed by atoms with Crippen LogP contribution in [-0.4, -0.2) is 42.7 Å². The lowest BCUT2D eigenvalue weighted by molar-refractivity contribution is -0.140. The van der Waals surface area contributed by atoms with Crippen molar-refractivity contribution in [1.29, 1.82) is 0 Å². The Labute approximate surface area is 239 Å². The van der Waals surface area contributed by atoms with E-state index in [4.69, 9.17) is 9.47 Å². The molecule has 1 saturated carbocycles. The lowest BCUT2D eigenvalue weighted by Crippen LogP contribution is -2.27. The number of carbonyl (C=O) groups is 3. The zero-order valence-electron chi connectivity index (χ0n) is 22.4. The molecule has 1 aliphatic rings. The van der Waals surface area contributed by atoms with Gasteiger partial charge < -0.3 is 19.2 Å². The van der Waals surface area contributed by atoms with Gasteiger partial charge in [0.1, 0.15) is 11.6 Å². The summed E-state index contributed by atoms with van der Waals surface area (Å²) in [5.74, 6) is -3.14. The molecule has 7 nitrogen and oxygen atoms in total. The van der Waals surface area contributed by atoms with Crippen molar-refractivity contribution in [2.75, 3.05) is 20.0 Å². The maximum atomic E-state index is 14.9. The number of hydrogen-bond donors (Lipinski definition) is 1. The van der Waals surface area contributed by atoms with Gasteiger partial charge in [-0.3, -0.25) is 9.59 Å². The SMILES string of the molecule is COC(=O)CCc1cccc(C2(C(=O)COC(=O)c3cc(Oc4c(F)cc5[nH]ccc5c4SC)ccc3F)CC2)c1. The monoisotopic (exact) mass is 579 g/mol. The number of benzene rings is 3. The Hall–Kier alpha value is -4.18. The number of esters is 2. The van der Waals surface area contributed by atoms with Gasteiger partial charge in [-0.15, -0.1) is 11.8 Å². The van der Waals surface area contributed by atoms with E-state index in [0.717, 1.165) is 28.6 Å². The summed E-state index contributed by atoms with van der Waals surface area (Å²) in [5, 5.41) is 0.761. The Balaban J connectivity index is 1.28. The highest BCUT2D eigenvalue weighted by Crippen LogP contribution is 2.49. The third kappa shape index (κ3) is 5.83. The number of methoxy groups -OCH3 is 1. The van der Waals surface area contributed by atoms with E-state index in [2.05, 4.69) is 9.72 Å². The summed E-state index contributed by atoms with van der Waals surface area (Å²) in [6.45, 7) is -0.537. The van der Waals surface area contributed by atoms with Crippen LogP contribution < -0.4 is 4.74 Å². The van der Waals surface area contributed by atoms with E-state index in [1.54, 1.807) is 18.5 Å². The quantitative estimate of drug-likeness (QED) is 0.160. The van der Waals surface area contributed by atoms with Gasteiger partial charge >= 0.3 is 11.9 Å². The molecule has 1 N–H and O–H groups in total. The van der Waals surface area contributed by atoms with Gasteiger partial charge in [0, 0.05) is 29.6 Å². The number of aryl methyl sites for hydroxylation is 1. The van der Waals surface area contributed by atoms with Crippen molar-refractivity contribution in [3.05, 3.63) is 89.1 Å². The number of rotatable bonds is 11. The zero-order valence-corrected chi connectivity index (χ0v) is 23.2. The van der Waals surface area contributed by atoms with Crippen molar-refractivity contribution in [1.82, 2.24) is 4.98 Å². The van der Waals surface area contributed by atoms with Crippen LogP contribution >= 0.6 is 11.8 Å². The summed E-state index contributed by atoms with van der Waals surface area (Å²) in [6, 6.07) is 13.9. The van der Waals surface area contributed by atoms with Crippen LogP contribution in [0.1, 0.15) is 40.7 Å². The molecule has 0 spiro atoms. The number of thioether (sulfide) groups is 1. The Morgan fingerprint density at radius 3 is 2.56 bits per heavy atom. The summed E-state index contributed by atoms with van der Waals surface area (Å²) in [7, 11) is 1.33. The number of Topliss-reactive ketones (excluding diaryl/α,β-unsaturated/α-hetero) is 1. The molecule has 0 saturated heterocycles. The predicted octanol–water partition coefficient (Wildman–Crippen LogP) is 6.52. The molecule has 10 heteroatoms. The second-order valence-corrected chi connectivity index (χ2v) is 10.6. The van der Waals surface area contributed by atoms with E-state index in [-0.39, 0.29) is 29.7 Å². The first-order valence-electron chi connectivity index (χ1n) is 12.9. The largest absolute Gasteiger partial charge is 0.469 e. The van der Waals surface area contributed by atoms with E-state index in [9.17, 15) is 23.2 Å². The second kappa shape index (κ2) is 11.7. The van der Waals surface area contributed by atoms with Crippen LogP contribution in [0, 0.1) is 11.6 Å². The molecule has 41 heavy (non-hydrogen) atoms. The maximum absolute atomic E-state index is 14.9. The average molecular weight is 580 g/mol. The lowest BCUT2D eigenvalue weighted by atomic mass is 9.90. The van der Waals surface area contributed by atoms with Crippen molar-refractivity contribution in [2.45, 2.75) is 36.0 Å². The third-order valence-corrected chi connectivity index (χ3v) is 8.06. The van der Waals surface area contributed by atoms with Crippen LogP contribution in [0.15, 0.2) is 65.7 Å². The molecule has 4 aromatic rings. The van der Waals surface area contributed by atoms with Gasteiger partial charge in [0.15, 0.2) is 24.0 Å². The summed E-state index contributed by atoms with van der Waals surface area (Å²) in [4.78, 5) is 41.0. The van der Waals surface area contributed by atoms with E-state index >= 15 is 0 Å². The maximum Gasteiger partial charge on any atom is 0.341 e. The minimum absolute atomic E-state index is 0.0381. The van der Waals surface area contributed by atoms with Gasteiger partial charge in [0.2, 0.25) is 0 Å². The number of aromatic amines is 1. The lowest BCUT2D eigenvalue weighted by Gasteiger charge is -2.16. The number of ether oxygens (including phenoxy) is 3. The number of H-pyrrole nitrogens is 1. The van der Waals surface area contributed by atoms with Crippen molar-refractivity contribution in [3.8, 4) is 11.5 Å². The smallest absolute Gasteiger partial charge is 0.341 e. The fourth-order valence-corrected chi connectivity index (χ4v) is 5.56. The summed E-state index contributed by atoms with van der Waals surface area (Å²) >= 11 is 1.29. The molecular weight excluding hydrogens is 552 g/mol. The molecule has 5 rings (SSSR count). The first-order chi connectivity index (χ1) is 19.8. The second-order valence-electron chi connectivity index (χ2n) is 9.76. The van der Waals surface area contributed by atoms with Crippen LogP contribution in [0.2, 0.25) is 0 Å². The first-order valence-corrected chi connectivity index (χ1v) is 14.2. The topological polar surface area (TPSA) is 94.7 Å². The minimum atomic E-state index is -1.03. The summed E-state index contributed by atoms with van der Waals surface area (Å²) in [6.07, 6.45) is 5.35. The molecular formula is C31H27F2NO6S. The van der Waals surface area contributed by atoms with Crippen LogP contribution in [-0.2, 0) is 30.9 Å². The third-order valence-electron chi connectivity index (χ3n) is 7.24. The molecule has 0 amide bonds. The fourth-order valence-electron chi connectivity index (χ4n) is 4.84. The van der Waals surface area contributed by atoms with E-state index < -0.39 is 35.2 Å². The van der Waals surface area contributed by atoms with Gasteiger partial charge in [-0.2, -0.15) is 0 Å². The molecule has 212 valence electrons. The van der Waals surface area contributed by atoms with Crippen LogP contribution in [0.4, 0.5) is 8.78 Å². The normalized spacial score (nSPS) is 13.6. The molecule has 0 bridgehead atoms.